The highest BCUT2D eigenvalue weighted by atomic mass is 32.2. The van der Waals surface area contributed by atoms with Crippen molar-refractivity contribution >= 4 is 15.9 Å². The second-order valence-corrected chi connectivity index (χ2v) is 9.63. The van der Waals surface area contributed by atoms with E-state index in [9.17, 15) is 13.2 Å². The maximum Gasteiger partial charge on any atom is 0.243 e. The van der Waals surface area contributed by atoms with Gasteiger partial charge in [-0.3, -0.25) is 4.79 Å². The summed E-state index contributed by atoms with van der Waals surface area (Å²) in [5.74, 6) is -0.206. The molecule has 27 heavy (non-hydrogen) atoms. The number of benzene rings is 1. The predicted octanol–water partition coefficient (Wildman–Crippen LogP) is 2.80. The fourth-order valence-electron chi connectivity index (χ4n) is 3.83. The Morgan fingerprint density at radius 1 is 1.26 bits per heavy atom. The van der Waals surface area contributed by atoms with E-state index in [1.165, 1.54) is 4.31 Å². The normalized spacial score (nSPS) is 24.6. The minimum absolute atomic E-state index is 0.0213. The van der Waals surface area contributed by atoms with E-state index in [1.807, 2.05) is 27.7 Å². The Morgan fingerprint density at radius 2 is 1.85 bits per heavy atom. The molecule has 0 heterocycles. The van der Waals surface area contributed by atoms with E-state index in [1.54, 1.807) is 24.3 Å². The zero-order chi connectivity index (χ0) is 20.2. The van der Waals surface area contributed by atoms with E-state index in [0.29, 0.717) is 13.1 Å². The van der Waals surface area contributed by atoms with Gasteiger partial charge in [0.25, 0.3) is 0 Å². The summed E-state index contributed by atoms with van der Waals surface area (Å²) in [4.78, 5) is 13.0. The molecular weight excluding hydrogens is 362 g/mol. The van der Waals surface area contributed by atoms with Gasteiger partial charge in [0.05, 0.1) is 16.9 Å². The number of carbonyl (C=O) groups excluding carboxylic acids is 1. The third-order valence-electron chi connectivity index (χ3n) is 5.65. The summed E-state index contributed by atoms with van der Waals surface area (Å²) in [5, 5.41) is 3.05. The van der Waals surface area contributed by atoms with Crippen molar-refractivity contribution in [3.05, 3.63) is 29.8 Å². The molecule has 7 heteroatoms. The van der Waals surface area contributed by atoms with Gasteiger partial charge in [-0.15, -0.1) is 0 Å². The van der Waals surface area contributed by atoms with Crippen molar-refractivity contribution in [3.8, 4) is 0 Å². The molecule has 0 radical (unpaired) electrons. The Labute approximate surface area is 163 Å². The van der Waals surface area contributed by atoms with Gasteiger partial charge in [0, 0.05) is 18.6 Å². The number of nitrogens with one attached hydrogen (secondary N) is 1. The number of rotatable bonds is 7. The van der Waals surface area contributed by atoms with Crippen LogP contribution in [0.15, 0.2) is 29.2 Å². The van der Waals surface area contributed by atoms with Crippen LogP contribution in [-0.4, -0.2) is 37.3 Å². The lowest BCUT2D eigenvalue weighted by molar-refractivity contribution is -0.128. The highest BCUT2D eigenvalue weighted by Crippen LogP contribution is 2.32. The van der Waals surface area contributed by atoms with E-state index in [0.717, 1.165) is 31.2 Å². The number of amides is 1. The highest BCUT2D eigenvalue weighted by molar-refractivity contribution is 7.89. The summed E-state index contributed by atoms with van der Waals surface area (Å²) in [6.45, 7) is 8.38. The molecule has 1 aromatic carbocycles. The first-order chi connectivity index (χ1) is 12.6. The molecule has 3 unspecified atom stereocenters. The topological polar surface area (TPSA) is 92.5 Å². The van der Waals surface area contributed by atoms with Crippen molar-refractivity contribution in [1.82, 2.24) is 9.62 Å². The molecule has 1 aliphatic rings. The van der Waals surface area contributed by atoms with Crippen LogP contribution < -0.4 is 11.1 Å². The number of sulfonamides is 1. The lowest BCUT2D eigenvalue weighted by Crippen LogP contribution is -2.53. The van der Waals surface area contributed by atoms with Crippen molar-refractivity contribution < 1.29 is 13.2 Å². The number of nitrogens with two attached hydrogens (primary N) is 1. The molecule has 6 nitrogen and oxygen atoms in total. The number of nitrogens with zero attached hydrogens (tertiary/aromatic N) is 1. The van der Waals surface area contributed by atoms with Gasteiger partial charge >= 0.3 is 0 Å². The Bertz CT molecular complexity index is 740. The van der Waals surface area contributed by atoms with Crippen molar-refractivity contribution in [1.29, 1.82) is 0 Å². The first-order valence-corrected chi connectivity index (χ1v) is 11.3. The van der Waals surface area contributed by atoms with Gasteiger partial charge in [0.15, 0.2) is 0 Å². The molecule has 1 saturated carbocycles. The average molecular weight is 396 g/mol. The molecule has 1 amide bonds. The van der Waals surface area contributed by atoms with Crippen molar-refractivity contribution in [2.75, 3.05) is 13.1 Å². The maximum absolute atomic E-state index is 12.7. The van der Waals surface area contributed by atoms with Crippen LogP contribution in [0.3, 0.4) is 0 Å². The summed E-state index contributed by atoms with van der Waals surface area (Å²) in [6, 6.07) is 6.55. The number of carbonyl (C=O) groups is 1. The molecule has 1 aliphatic carbocycles. The molecule has 2 rings (SSSR count). The van der Waals surface area contributed by atoms with Gasteiger partial charge < -0.3 is 11.1 Å². The minimum Gasteiger partial charge on any atom is -0.349 e. The molecule has 0 aromatic heterocycles. The molecule has 1 aromatic rings. The summed E-state index contributed by atoms with van der Waals surface area (Å²) >= 11 is 0. The van der Waals surface area contributed by atoms with Crippen molar-refractivity contribution in [3.63, 3.8) is 0 Å². The summed E-state index contributed by atoms with van der Waals surface area (Å²) < 4.78 is 26.6. The smallest absolute Gasteiger partial charge is 0.243 e. The van der Waals surface area contributed by atoms with Crippen LogP contribution in [-0.2, 0) is 14.8 Å². The Balaban J connectivity index is 2.09. The van der Waals surface area contributed by atoms with Crippen LogP contribution in [0.5, 0.6) is 0 Å². The molecule has 3 N–H and O–H groups in total. The summed E-state index contributed by atoms with van der Waals surface area (Å²) in [7, 11) is -3.47. The standard InChI is InChI=1S/C20H33N3O3S/c1-5-23(6-2)27(25,26)17-12-10-16(11-13-17)15(3)22-19(24)18-9-7-8-14-20(18,4)21/h10-13,15,18H,5-9,14,21H2,1-4H3,(H,22,24). The van der Waals surface area contributed by atoms with E-state index >= 15 is 0 Å². The fourth-order valence-corrected chi connectivity index (χ4v) is 5.29. The van der Waals surface area contributed by atoms with Crippen LogP contribution >= 0.6 is 0 Å². The molecule has 0 saturated heterocycles. The molecule has 0 spiro atoms. The first kappa shape index (κ1) is 21.9. The van der Waals surface area contributed by atoms with Crippen LogP contribution in [0.1, 0.15) is 65.0 Å². The lowest BCUT2D eigenvalue weighted by atomic mass is 9.74. The zero-order valence-corrected chi connectivity index (χ0v) is 17.7. The largest absolute Gasteiger partial charge is 0.349 e. The van der Waals surface area contributed by atoms with E-state index in [2.05, 4.69) is 5.32 Å². The second kappa shape index (κ2) is 8.71. The van der Waals surface area contributed by atoms with E-state index in [-0.39, 0.29) is 22.8 Å². The maximum atomic E-state index is 12.7. The number of hydrogen-bond acceptors (Lipinski definition) is 4. The van der Waals surface area contributed by atoms with Crippen LogP contribution in [0.4, 0.5) is 0 Å². The SMILES string of the molecule is CCN(CC)S(=O)(=O)c1ccc(C(C)NC(=O)C2CCCCC2(C)N)cc1. The number of hydrogen-bond donors (Lipinski definition) is 2. The molecule has 0 aliphatic heterocycles. The van der Waals surface area contributed by atoms with E-state index in [4.69, 9.17) is 5.73 Å². The van der Waals surface area contributed by atoms with Gasteiger partial charge in [-0.25, -0.2) is 8.42 Å². The molecule has 152 valence electrons. The Kier molecular flexibility index (Phi) is 7.05. The van der Waals surface area contributed by atoms with Gasteiger partial charge in [0.1, 0.15) is 0 Å². The van der Waals surface area contributed by atoms with Gasteiger partial charge in [-0.2, -0.15) is 4.31 Å². The first-order valence-electron chi connectivity index (χ1n) is 9.82. The molecule has 1 fully saturated rings. The summed E-state index contributed by atoms with van der Waals surface area (Å²) in [6.07, 6.45) is 3.76. The zero-order valence-electron chi connectivity index (χ0n) is 16.9. The van der Waals surface area contributed by atoms with Gasteiger partial charge in [-0.1, -0.05) is 38.8 Å². The van der Waals surface area contributed by atoms with E-state index < -0.39 is 15.6 Å². The average Bonchev–Trinajstić information content (AvgIpc) is 2.62. The quantitative estimate of drug-likeness (QED) is 0.742. The highest BCUT2D eigenvalue weighted by Gasteiger charge is 2.38. The van der Waals surface area contributed by atoms with Gasteiger partial charge in [0.2, 0.25) is 15.9 Å². The fraction of sp³-hybridized carbons (Fsp3) is 0.650. The van der Waals surface area contributed by atoms with Crippen molar-refractivity contribution in [2.45, 2.75) is 69.9 Å². The Morgan fingerprint density at radius 3 is 2.37 bits per heavy atom. The lowest BCUT2D eigenvalue weighted by Gasteiger charge is -2.37. The van der Waals surface area contributed by atoms with Crippen molar-refractivity contribution in [2.24, 2.45) is 11.7 Å². The minimum atomic E-state index is -3.47. The second-order valence-electron chi connectivity index (χ2n) is 7.69. The third-order valence-corrected chi connectivity index (χ3v) is 7.72. The molecule has 0 bridgehead atoms. The monoisotopic (exact) mass is 395 g/mol. The summed E-state index contributed by atoms with van der Waals surface area (Å²) in [5.41, 5.74) is 6.73. The predicted molar refractivity (Wildman–Crippen MR) is 108 cm³/mol. The van der Waals surface area contributed by atoms with Crippen LogP contribution in [0.2, 0.25) is 0 Å². The van der Waals surface area contributed by atoms with Gasteiger partial charge in [-0.05, 0) is 44.4 Å². The van der Waals surface area contributed by atoms with Crippen LogP contribution in [0, 0.1) is 5.92 Å². The molecule has 3 atom stereocenters. The third kappa shape index (κ3) is 4.89. The Hall–Kier alpha value is -1.44. The van der Waals surface area contributed by atoms with Crippen LogP contribution in [0.25, 0.3) is 0 Å². The molecular formula is C20H33N3O3S.